The molecule has 0 unspecified atom stereocenters. The first-order chi connectivity index (χ1) is 9.61. The van der Waals surface area contributed by atoms with Crippen LogP contribution in [-0.2, 0) is 6.54 Å². The zero-order chi connectivity index (χ0) is 14.5. The van der Waals surface area contributed by atoms with Crippen LogP contribution in [0.25, 0.3) is 0 Å². The summed E-state index contributed by atoms with van der Waals surface area (Å²) in [5, 5.41) is 3.51. The topological polar surface area (TPSA) is 21.3 Å². The summed E-state index contributed by atoms with van der Waals surface area (Å²) in [6.07, 6.45) is 0. The third-order valence-electron chi connectivity index (χ3n) is 3.69. The number of hydrogen-bond acceptors (Lipinski definition) is 2. The summed E-state index contributed by atoms with van der Waals surface area (Å²) in [6.45, 7) is 9.99. The predicted molar refractivity (Wildman–Crippen MR) is 85.6 cm³/mol. The van der Waals surface area contributed by atoms with Crippen molar-refractivity contribution in [2.45, 2.75) is 34.2 Å². The lowest BCUT2D eigenvalue weighted by molar-refractivity contribution is 0.340. The average molecular weight is 269 g/mol. The minimum Gasteiger partial charge on any atom is -0.494 e. The SMILES string of the molecule is CCOc1ccc(NCc2cccc(C)c2C)c(C)c1. The summed E-state index contributed by atoms with van der Waals surface area (Å²) in [7, 11) is 0. The molecule has 0 aliphatic carbocycles. The van der Waals surface area contributed by atoms with E-state index in [4.69, 9.17) is 4.74 Å². The van der Waals surface area contributed by atoms with Crippen molar-refractivity contribution in [2.24, 2.45) is 0 Å². The molecular weight excluding hydrogens is 246 g/mol. The molecule has 2 aromatic rings. The van der Waals surface area contributed by atoms with E-state index in [9.17, 15) is 0 Å². The third-order valence-corrected chi connectivity index (χ3v) is 3.69. The van der Waals surface area contributed by atoms with Gasteiger partial charge in [0.2, 0.25) is 0 Å². The molecule has 0 amide bonds. The highest BCUT2D eigenvalue weighted by Crippen LogP contribution is 2.22. The standard InChI is InChI=1S/C18H23NO/c1-5-20-17-9-10-18(14(3)11-17)19-12-16-8-6-7-13(2)15(16)4/h6-11,19H,5,12H2,1-4H3. The molecule has 0 saturated carbocycles. The van der Waals surface area contributed by atoms with Crippen molar-refractivity contribution in [1.82, 2.24) is 0 Å². The smallest absolute Gasteiger partial charge is 0.119 e. The van der Waals surface area contributed by atoms with Gasteiger partial charge in [0, 0.05) is 12.2 Å². The van der Waals surface area contributed by atoms with Crippen molar-refractivity contribution in [3.63, 3.8) is 0 Å². The monoisotopic (exact) mass is 269 g/mol. The quantitative estimate of drug-likeness (QED) is 0.855. The maximum absolute atomic E-state index is 5.51. The van der Waals surface area contributed by atoms with Crippen molar-refractivity contribution >= 4 is 5.69 Å². The predicted octanol–water partition coefficient (Wildman–Crippen LogP) is 4.62. The molecule has 0 radical (unpaired) electrons. The molecule has 0 spiro atoms. The van der Waals surface area contributed by atoms with Crippen molar-refractivity contribution in [3.05, 3.63) is 58.7 Å². The summed E-state index contributed by atoms with van der Waals surface area (Å²) in [5.74, 6) is 0.933. The lowest BCUT2D eigenvalue weighted by Crippen LogP contribution is -2.03. The van der Waals surface area contributed by atoms with Crippen molar-refractivity contribution in [1.29, 1.82) is 0 Å². The number of benzene rings is 2. The Morgan fingerprint density at radius 2 is 1.80 bits per heavy atom. The normalized spacial score (nSPS) is 10.4. The molecule has 1 N–H and O–H groups in total. The molecule has 106 valence electrons. The number of anilines is 1. The second-order valence-corrected chi connectivity index (χ2v) is 5.12. The lowest BCUT2D eigenvalue weighted by Gasteiger charge is -2.13. The molecule has 2 aromatic carbocycles. The Balaban J connectivity index is 2.09. The van der Waals surface area contributed by atoms with Gasteiger partial charge in [-0.05, 0) is 68.1 Å². The van der Waals surface area contributed by atoms with Gasteiger partial charge in [-0.3, -0.25) is 0 Å². The van der Waals surface area contributed by atoms with E-state index in [2.05, 4.69) is 56.4 Å². The minimum absolute atomic E-state index is 0.703. The Morgan fingerprint density at radius 1 is 1.00 bits per heavy atom. The van der Waals surface area contributed by atoms with E-state index in [1.807, 2.05) is 13.0 Å². The summed E-state index contributed by atoms with van der Waals surface area (Å²) in [4.78, 5) is 0. The largest absolute Gasteiger partial charge is 0.494 e. The van der Waals surface area contributed by atoms with Crippen LogP contribution < -0.4 is 10.1 Å². The molecule has 2 rings (SSSR count). The Morgan fingerprint density at radius 3 is 2.50 bits per heavy atom. The molecule has 0 fully saturated rings. The Kier molecular flexibility index (Phi) is 4.67. The van der Waals surface area contributed by atoms with Gasteiger partial charge in [-0.1, -0.05) is 18.2 Å². The van der Waals surface area contributed by atoms with Gasteiger partial charge >= 0.3 is 0 Å². The number of aryl methyl sites for hydroxylation is 2. The van der Waals surface area contributed by atoms with Crippen LogP contribution >= 0.6 is 0 Å². The number of ether oxygens (including phenoxy) is 1. The summed E-state index contributed by atoms with van der Waals surface area (Å²) >= 11 is 0. The second kappa shape index (κ2) is 6.47. The van der Waals surface area contributed by atoms with Crippen LogP contribution in [0, 0.1) is 20.8 Å². The summed E-state index contributed by atoms with van der Waals surface area (Å²) in [6, 6.07) is 12.6. The van der Waals surface area contributed by atoms with Crippen molar-refractivity contribution < 1.29 is 4.74 Å². The average Bonchev–Trinajstić information content (AvgIpc) is 2.42. The van der Waals surface area contributed by atoms with Gasteiger partial charge in [-0.15, -0.1) is 0 Å². The molecule has 2 heteroatoms. The molecule has 0 aliphatic heterocycles. The molecular formula is C18H23NO. The van der Waals surface area contributed by atoms with Crippen LogP contribution in [0.3, 0.4) is 0 Å². The van der Waals surface area contributed by atoms with Gasteiger partial charge in [0.1, 0.15) is 5.75 Å². The van der Waals surface area contributed by atoms with Crippen LogP contribution in [0.1, 0.15) is 29.2 Å². The molecule has 20 heavy (non-hydrogen) atoms. The highest BCUT2D eigenvalue weighted by Gasteiger charge is 2.03. The van der Waals surface area contributed by atoms with Crippen molar-refractivity contribution in [2.75, 3.05) is 11.9 Å². The van der Waals surface area contributed by atoms with Gasteiger partial charge < -0.3 is 10.1 Å². The fourth-order valence-electron chi connectivity index (χ4n) is 2.28. The van der Waals surface area contributed by atoms with Crippen molar-refractivity contribution in [3.8, 4) is 5.75 Å². The Labute approximate surface area is 121 Å². The molecule has 2 nitrogen and oxygen atoms in total. The number of nitrogens with one attached hydrogen (secondary N) is 1. The molecule has 0 aromatic heterocycles. The van der Waals surface area contributed by atoms with E-state index in [-0.39, 0.29) is 0 Å². The zero-order valence-electron chi connectivity index (χ0n) is 12.8. The van der Waals surface area contributed by atoms with Gasteiger partial charge in [-0.25, -0.2) is 0 Å². The van der Waals surface area contributed by atoms with E-state index >= 15 is 0 Å². The second-order valence-electron chi connectivity index (χ2n) is 5.12. The maximum atomic E-state index is 5.51. The van der Waals surface area contributed by atoms with E-state index < -0.39 is 0 Å². The Hall–Kier alpha value is -1.96. The van der Waals surface area contributed by atoms with Gasteiger partial charge in [0.25, 0.3) is 0 Å². The van der Waals surface area contributed by atoms with Crippen LogP contribution in [-0.4, -0.2) is 6.61 Å². The lowest BCUT2D eigenvalue weighted by atomic mass is 10.0. The molecule has 0 atom stereocenters. The minimum atomic E-state index is 0.703. The molecule has 0 saturated heterocycles. The van der Waals surface area contributed by atoms with E-state index in [0.717, 1.165) is 18.0 Å². The van der Waals surface area contributed by atoms with E-state index in [0.29, 0.717) is 6.61 Å². The molecule has 0 aliphatic rings. The first kappa shape index (κ1) is 14.4. The van der Waals surface area contributed by atoms with E-state index in [1.165, 1.54) is 22.3 Å². The zero-order valence-corrected chi connectivity index (χ0v) is 12.8. The highest BCUT2D eigenvalue weighted by molar-refractivity contribution is 5.54. The third kappa shape index (κ3) is 3.32. The molecule has 0 heterocycles. The van der Waals surface area contributed by atoms with Crippen LogP contribution in [0.4, 0.5) is 5.69 Å². The van der Waals surface area contributed by atoms with Gasteiger partial charge in [-0.2, -0.15) is 0 Å². The summed E-state index contributed by atoms with van der Waals surface area (Å²) in [5.41, 5.74) is 6.42. The first-order valence-electron chi connectivity index (χ1n) is 7.14. The van der Waals surface area contributed by atoms with Crippen LogP contribution in [0.15, 0.2) is 36.4 Å². The number of rotatable bonds is 5. The number of hydrogen-bond donors (Lipinski definition) is 1. The van der Waals surface area contributed by atoms with Crippen LogP contribution in [0.2, 0.25) is 0 Å². The van der Waals surface area contributed by atoms with Crippen LogP contribution in [0.5, 0.6) is 5.75 Å². The fraction of sp³-hybridized carbons (Fsp3) is 0.333. The van der Waals surface area contributed by atoms with E-state index in [1.54, 1.807) is 0 Å². The van der Waals surface area contributed by atoms with Gasteiger partial charge in [0.15, 0.2) is 0 Å². The molecule has 0 bridgehead atoms. The summed E-state index contributed by atoms with van der Waals surface area (Å²) < 4.78 is 5.51. The highest BCUT2D eigenvalue weighted by atomic mass is 16.5. The first-order valence-corrected chi connectivity index (χ1v) is 7.14. The van der Waals surface area contributed by atoms with Gasteiger partial charge in [0.05, 0.1) is 6.61 Å². The fourth-order valence-corrected chi connectivity index (χ4v) is 2.28. The Bertz CT molecular complexity index is 590. The maximum Gasteiger partial charge on any atom is 0.119 e.